The van der Waals surface area contributed by atoms with Gasteiger partial charge in [-0.15, -0.1) is 0 Å². The molecule has 0 radical (unpaired) electrons. The second kappa shape index (κ2) is 2.86. The van der Waals surface area contributed by atoms with Crippen LogP contribution >= 0.6 is 0 Å². The molecule has 2 heteroatoms. The zero-order valence-corrected chi connectivity index (χ0v) is 8.14. The van der Waals surface area contributed by atoms with Gasteiger partial charge in [-0.25, -0.2) is 4.79 Å². The lowest BCUT2D eigenvalue weighted by molar-refractivity contribution is -0.149. The molecular weight excluding hydrogens is 164 g/mol. The third-order valence-corrected chi connectivity index (χ3v) is 3.32. The highest BCUT2D eigenvalue weighted by Gasteiger charge is 2.44. The molecule has 13 heavy (non-hydrogen) atoms. The Hall–Kier alpha value is -0.790. The predicted molar refractivity (Wildman–Crippen MR) is 50.2 cm³/mol. The van der Waals surface area contributed by atoms with Crippen molar-refractivity contribution >= 4 is 5.97 Å². The Morgan fingerprint density at radius 3 is 2.54 bits per heavy atom. The lowest BCUT2D eigenvalue weighted by Crippen LogP contribution is -2.33. The van der Waals surface area contributed by atoms with Gasteiger partial charge < -0.3 is 4.74 Å². The van der Waals surface area contributed by atoms with E-state index in [-0.39, 0.29) is 11.6 Å². The predicted octanol–water partition coefficient (Wildman–Crippen LogP) is 2.44. The van der Waals surface area contributed by atoms with E-state index >= 15 is 0 Å². The number of ether oxygens (including phenoxy) is 1. The Morgan fingerprint density at radius 1 is 1.46 bits per heavy atom. The van der Waals surface area contributed by atoms with E-state index in [1.54, 1.807) is 0 Å². The summed E-state index contributed by atoms with van der Waals surface area (Å²) >= 11 is 0. The lowest BCUT2D eigenvalue weighted by atomic mass is 9.78. The Balaban J connectivity index is 2.07. The van der Waals surface area contributed by atoms with Gasteiger partial charge in [0.2, 0.25) is 0 Å². The third kappa shape index (κ3) is 1.50. The van der Waals surface area contributed by atoms with Gasteiger partial charge in [0, 0.05) is 12.0 Å². The van der Waals surface area contributed by atoms with E-state index in [9.17, 15) is 4.79 Å². The lowest BCUT2D eigenvalue weighted by Gasteiger charge is -2.34. The summed E-state index contributed by atoms with van der Waals surface area (Å²) in [4.78, 5) is 11.2. The molecule has 1 aliphatic heterocycles. The first-order valence-electron chi connectivity index (χ1n) is 5.02. The summed E-state index contributed by atoms with van der Waals surface area (Å²) < 4.78 is 5.41. The van der Waals surface area contributed by atoms with Crippen LogP contribution in [0, 0.1) is 5.92 Å². The molecule has 2 fully saturated rings. The number of rotatable bonds is 0. The Labute approximate surface area is 79.0 Å². The van der Waals surface area contributed by atoms with E-state index in [1.807, 2.05) is 0 Å². The highest BCUT2D eigenvalue weighted by Crippen LogP contribution is 2.43. The van der Waals surface area contributed by atoms with Crippen LogP contribution in [0.4, 0.5) is 0 Å². The van der Waals surface area contributed by atoms with Crippen molar-refractivity contribution in [3.05, 3.63) is 12.2 Å². The SMILES string of the molecule is C=C1CC2(CCC(C)CC2)OC1=O. The van der Waals surface area contributed by atoms with Crippen LogP contribution in [0.1, 0.15) is 39.0 Å². The molecule has 0 aromatic heterocycles. The molecule has 2 aliphatic rings. The van der Waals surface area contributed by atoms with Gasteiger partial charge in [0.25, 0.3) is 0 Å². The molecule has 0 N–H and O–H groups in total. The minimum Gasteiger partial charge on any atom is -0.455 e. The Bertz CT molecular complexity index is 229. The molecule has 1 spiro atoms. The number of esters is 1. The fraction of sp³-hybridized carbons (Fsp3) is 0.727. The molecule has 0 amide bonds. The summed E-state index contributed by atoms with van der Waals surface area (Å²) in [6.45, 7) is 5.99. The number of carbonyl (C=O) groups is 1. The zero-order valence-electron chi connectivity index (χ0n) is 8.14. The molecule has 1 saturated heterocycles. The maximum atomic E-state index is 11.2. The van der Waals surface area contributed by atoms with Crippen molar-refractivity contribution in [3.63, 3.8) is 0 Å². The highest BCUT2D eigenvalue weighted by molar-refractivity contribution is 5.90. The molecule has 2 rings (SSSR count). The molecule has 1 aliphatic carbocycles. The molecule has 1 heterocycles. The van der Waals surface area contributed by atoms with Crippen molar-refractivity contribution in [2.24, 2.45) is 5.92 Å². The summed E-state index contributed by atoms with van der Waals surface area (Å²) in [6.07, 6.45) is 5.18. The van der Waals surface area contributed by atoms with Crippen molar-refractivity contribution in [2.75, 3.05) is 0 Å². The normalized spacial score (nSPS) is 39.6. The summed E-state index contributed by atoms with van der Waals surface area (Å²) in [7, 11) is 0. The molecule has 0 bridgehead atoms. The highest BCUT2D eigenvalue weighted by atomic mass is 16.6. The standard InChI is InChI=1S/C11H16O2/c1-8-3-5-11(6-4-8)7-9(2)10(12)13-11/h8H,2-7H2,1H3. The van der Waals surface area contributed by atoms with Crippen LogP contribution in [-0.4, -0.2) is 11.6 Å². The van der Waals surface area contributed by atoms with E-state index in [2.05, 4.69) is 13.5 Å². The number of hydrogen-bond acceptors (Lipinski definition) is 2. The Kier molecular flexibility index (Phi) is 1.94. The van der Waals surface area contributed by atoms with Crippen molar-refractivity contribution in [2.45, 2.75) is 44.6 Å². The maximum Gasteiger partial charge on any atom is 0.334 e. The van der Waals surface area contributed by atoms with E-state index in [4.69, 9.17) is 4.74 Å². The van der Waals surface area contributed by atoms with Crippen molar-refractivity contribution in [3.8, 4) is 0 Å². The van der Waals surface area contributed by atoms with Gasteiger partial charge in [0.15, 0.2) is 0 Å². The third-order valence-electron chi connectivity index (χ3n) is 3.32. The molecule has 0 atom stereocenters. The van der Waals surface area contributed by atoms with Gasteiger partial charge in [-0.2, -0.15) is 0 Å². The summed E-state index contributed by atoms with van der Waals surface area (Å²) in [6, 6.07) is 0. The van der Waals surface area contributed by atoms with E-state index in [0.29, 0.717) is 5.57 Å². The fourth-order valence-corrected chi connectivity index (χ4v) is 2.33. The Morgan fingerprint density at radius 2 is 2.08 bits per heavy atom. The van der Waals surface area contributed by atoms with Gasteiger partial charge in [0.1, 0.15) is 5.60 Å². The molecule has 0 aromatic carbocycles. The average Bonchev–Trinajstić information content (AvgIpc) is 2.36. The molecular formula is C11H16O2. The minimum absolute atomic E-state index is 0.152. The minimum atomic E-state index is -0.172. The first kappa shape index (κ1) is 8.79. The van der Waals surface area contributed by atoms with Crippen LogP contribution < -0.4 is 0 Å². The van der Waals surface area contributed by atoms with E-state index in [1.165, 1.54) is 12.8 Å². The van der Waals surface area contributed by atoms with Crippen LogP contribution in [-0.2, 0) is 9.53 Å². The second-order valence-corrected chi connectivity index (χ2v) is 4.54. The van der Waals surface area contributed by atoms with E-state index in [0.717, 1.165) is 25.2 Å². The van der Waals surface area contributed by atoms with Crippen molar-refractivity contribution < 1.29 is 9.53 Å². The number of hydrogen-bond donors (Lipinski definition) is 0. The molecule has 1 saturated carbocycles. The second-order valence-electron chi connectivity index (χ2n) is 4.54. The van der Waals surface area contributed by atoms with Crippen LogP contribution in [0.5, 0.6) is 0 Å². The van der Waals surface area contributed by atoms with Crippen molar-refractivity contribution in [1.29, 1.82) is 0 Å². The smallest absolute Gasteiger partial charge is 0.334 e. The van der Waals surface area contributed by atoms with Gasteiger partial charge in [-0.3, -0.25) is 0 Å². The maximum absolute atomic E-state index is 11.2. The van der Waals surface area contributed by atoms with Crippen LogP contribution in [0.2, 0.25) is 0 Å². The molecule has 0 unspecified atom stereocenters. The molecule has 0 aromatic rings. The van der Waals surface area contributed by atoms with Gasteiger partial charge in [0.05, 0.1) is 0 Å². The number of carbonyl (C=O) groups excluding carboxylic acids is 1. The van der Waals surface area contributed by atoms with Gasteiger partial charge in [-0.1, -0.05) is 13.5 Å². The van der Waals surface area contributed by atoms with Crippen LogP contribution in [0.3, 0.4) is 0 Å². The van der Waals surface area contributed by atoms with Crippen LogP contribution in [0.15, 0.2) is 12.2 Å². The van der Waals surface area contributed by atoms with Crippen molar-refractivity contribution in [1.82, 2.24) is 0 Å². The largest absolute Gasteiger partial charge is 0.455 e. The first-order chi connectivity index (χ1) is 6.11. The van der Waals surface area contributed by atoms with E-state index < -0.39 is 0 Å². The molecule has 2 nitrogen and oxygen atoms in total. The average molecular weight is 180 g/mol. The van der Waals surface area contributed by atoms with Gasteiger partial charge in [-0.05, 0) is 31.6 Å². The van der Waals surface area contributed by atoms with Gasteiger partial charge >= 0.3 is 5.97 Å². The zero-order chi connectivity index (χ0) is 9.47. The topological polar surface area (TPSA) is 26.3 Å². The monoisotopic (exact) mass is 180 g/mol. The quantitative estimate of drug-likeness (QED) is 0.423. The van der Waals surface area contributed by atoms with Crippen LogP contribution in [0.25, 0.3) is 0 Å². The summed E-state index contributed by atoms with van der Waals surface area (Å²) in [5.74, 6) is 0.618. The summed E-state index contributed by atoms with van der Waals surface area (Å²) in [5.41, 5.74) is 0.510. The molecule has 72 valence electrons. The summed E-state index contributed by atoms with van der Waals surface area (Å²) in [5, 5.41) is 0. The fourth-order valence-electron chi connectivity index (χ4n) is 2.33. The first-order valence-corrected chi connectivity index (χ1v) is 5.02.